The number of imidazole rings is 1. The van der Waals surface area contributed by atoms with E-state index < -0.39 is 0 Å². The van der Waals surface area contributed by atoms with Crippen molar-refractivity contribution in [2.45, 2.75) is 32.9 Å². The average molecular weight is 311 g/mol. The number of nitrogens with one attached hydrogen (secondary N) is 2. The van der Waals surface area contributed by atoms with Crippen LogP contribution in [-0.4, -0.2) is 25.4 Å². The first-order chi connectivity index (χ1) is 11.1. The molecule has 120 valence electrons. The second kappa shape index (κ2) is 6.56. The van der Waals surface area contributed by atoms with E-state index in [1.807, 2.05) is 48.1 Å². The summed E-state index contributed by atoms with van der Waals surface area (Å²) >= 11 is 0. The Bertz CT molecular complexity index is 816. The van der Waals surface area contributed by atoms with Crippen LogP contribution in [-0.2, 0) is 6.54 Å². The third kappa shape index (κ3) is 3.53. The molecule has 0 aliphatic heterocycles. The van der Waals surface area contributed by atoms with E-state index in [-0.39, 0.29) is 5.69 Å². The van der Waals surface area contributed by atoms with Gasteiger partial charge in [0.05, 0.1) is 5.69 Å². The first kappa shape index (κ1) is 15.1. The molecule has 2 aromatic heterocycles. The normalized spacial score (nSPS) is 12.3. The van der Waals surface area contributed by atoms with E-state index in [4.69, 9.17) is 0 Å². The van der Waals surface area contributed by atoms with Gasteiger partial charge in [0.15, 0.2) is 0 Å². The molecule has 6 heteroatoms. The van der Waals surface area contributed by atoms with Gasteiger partial charge in [0, 0.05) is 42.6 Å². The maximum Gasteiger partial charge on any atom is 0.330 e. The minimum atomic E-state index is -0.119. The number of aromatic nitrogens is 4. The van der Waals surface area contributed by atoms with Crippen molar-refractivity contribution in [3.05, 3.63) is 65.1 Å². The molecule has 1 atom stereocenters. The molecular weight excluding hydrogens is 290 g/mol. The van der Waals surface area contributed by atoms with Crippen molar-refractivity contribution in [1.82, 2.24) is 19.3 Å². The Balaban J connectivity index is 1.69. The molecule has 1 aromatic carbocycles. The number of rotatable bonds is 6. The summed E-state index contributed by atoms with van der Waals surface area (Å²) in [6.07, 6.45) is 6.44. The molecule has 0 fully saturated rings. The van der Waals surface area contributed by atoms with Crippen molar-refractivity contribution < 1.29 is 0 Å². The van der Waals surface area contributed by atoms with Crippen LogP contribution in [0.1, 0.15) is 19.0 Å². The largest absolute Gasteiger partial charge is 0.382 e. The highest BCUT2D eigenvalue weighted by molar-refractivity contribution is 5.52. The first-order valence-electron chi connectivity index (χ1n) is 7.75. The number of hydrogen-bond donors (Lipinski definition) is 2. The van der Waals surface area contributed by atoms with E-state index in [1.165, 1.54) is 0 Å². The number of nitrogens with zero attached hydrogens (tertiary/aromatic N) is 3. The van der Waals surface area contributed by atoms with Gasteiger partial charge in [-0.1, -0.05) is 6.07 Å². The van der Waals surface area contributed by atoms with Gasteiger partial charge in [-0.15, -0.1) is 0 Å². The molecule has 0 saturated heterocycles. The number of aryl methyl sites for hydroxylation is 2. The van der Waals surface area contributed by atoms with Crippen molar-refractivity contribution in [2.24, 2.45) is 0 Å². The number of H-pyrrole nitrogens is 1. The van der Waals surface area contributed by atoms with Crippen LogP contribution in [0.3, 0.4) is 0 Å². The summed E-state index contributed by atoms with van der Waals surface area (Å²) in [5.41, 5.74) is 2.63. The lowest BCUT2D eigenvalue weighted by molar-refractivity contribution is 0.546. The standard InChI is InChI=1S/C17H21N5O/c1-13(7-10-21-9-4-8-19-21)20-15-5-3-6-16(11-15)22-14(2)12-18-17(22)23/h3-6,8-9,11-13,20H,7,10H2,1-2H3,(H,18,23)/t13-/m0/s1. The van der Waals surface area contributed by atoms with E-state index in [2.05, 4.69) is 22.3 Å². The van der Waals surface area contributed by atoms with Crippen molar-refractivity contribution in [1.29, 1.82) is 0 Å². The Kier molecular flexibility index (Phi) is 4.32. The predicted molar refractivity (Wildman–Crippen MR) is 91.1 cm³/mol. The Labute approximate surface area is 134 Å². The first-order valence-corrected chi connectivity index (χ1v) is 7.75. The molecule has 0 unspecified atom stereocenters. The summed E-state index contributed by atoms with van der Waals surface area (Å²) in [6, 6.07) is 10.1. The molecule has 0 saturated carbocycles. The van der Waals surface area contributed by atoms with E-state index in [0.717, 1.165) is 30.0 Å². The lowest BCUT2D eigenvalue weighted by Crippen LogP contribution is -2.19. The van der Waals surface area contributed by atoms with Crippen LogP contribution in [0.5, 0.6) is 0 Å². The molecular formula is C17H21N5O. The summed E-state index contributed by atoms with van der Waals surface area (Å²) in [4.78, 5) is 14.6. The highest BCUT2D eigenvalue weighted by atomic mass is 16.1. The predicted octanol–water partition coefficient (Wildman–Crippen LogP) is 2.56. The molecule has 3 aromatic rings. The van der Waals surface area contributed by atoms with Gasteiger partial charge in [0.2, 0.25) is 0 Å². The minimum Gasteiger partial charge on any atom is -0.382 e. The summed E-state index contributed by atoms with van der Waals surface area (Å²) < 4.78 is 3.59. The van der Waals surface area contributed by atoms with Crippen LogP contribution in [0.25, 0.3) is 5.69 Å². The number of benzene rings is 1. The van der Waals surface area contributed by atoms with E-state index in [1.54, 1.807) is 17.0 Å². The van der Waals surface area contributed by atoms with Crippen molar-refractivity contribution >= 4 is 5.69 Å². The maximum atomic E-state index is 11.9. The fourth-order valence-corrected chi connectivity index (χ4v) is 2.63. The molecule has 2 heterocycles. The SMILES string of the molecule is Cc1c[nH]c(=O)n1-c1cccc(N[C@@H](C)CCn2cccn2)c1. The van der Waals surface area contributed by atoms with Crippen molar-refractivity contribution in [3.63, 3.8) is 0 Å². The van der Waals surface area contributed by atoms with E-state index in [0.29, 0.717) is 6.04 Å². The maximum absolute atomic E-state index is 11.9. The Hall–Kier alpha value is -2.76. The third-order valence-electron chi connectivity index (χ3n) is 3.83. The lowest BCUT2D eigenvalue weighted by atomic mass is 10.2. The molecule has 2 N–H and O–H groups in total. The molecule has 0 amide bonds. The monoisotopic (exact) mass is 311 g/mol. The van der Waals surface area contributed by atoms with Crippen molar-refractivity contribution in [3.8, 4) is 5.69 Å². The van der Waals surface area contributed by atoms with Gasteiger partial charge in [-0.3, -0.25) is 9.25 Å². The molecule has 6 nitrogen and oxygen atoms in total. The van der Waals surface area contributed by atoms with Gasteiger partial charge in [-0.25, -0.2) is 4.79 Å². The van der Waals surface area contributed by atoms with Crippen LogP contribution in [0.4, 0.5) is 5.69 Å². The number of aromatic amines is 1. The lowest BCUT2D eigenvalue weighted by Gasteiger charge is -2.16. The van der Waals surface area contributed by atoms with Crippen LogP contribution < -0.4 is 11.0 Å². The zero-order chi connectivity index (χ0) is 16.2. The molecule has 0 bridgehead atoms. The summed E-state index contributed by atoms with van der Waals surface area (Å²) in [6.45, 7) is 4.92. The van der Waals surface area contributed by atoms with Gasteiger partial charge in [0.1, 0.15) is 0 Å². The molecule has 23 heavy (non-hydrogen) atoms. The van der Waals surface area contributed by atoms with Gasteiger partial charge < -0.3 is 10.3 Å². The van der Waals surface area contributed by atoms with Gasteiger partial charge in [-0.2, -0.15) is 5.10 Å². The highest BCUT2D eigenvalue weighted by Gasteiger charge is 2.07. The smallest absolute Gasteiger partial charge is 0.330 e. The molecule has 0 spiro atoms. The van der Waals surface area contributed by atoms with Crippen LogP contribution in [0.2, 0.25) is 0 Å². The van der Waals surface area contributed by atoms with Crippen LogP contribution >= 0.6 is 0 Å². The molecule has 0 aliphatic rings. The summed E-state index contributed by atoms with van der Waals surface area (Å²) in [5.74, 6) is 0. The zero-order valence-corrected chi connectivity index (χ0v) is 13.4. The fraction of sp³-hybridized carbons (Fsp3) is 0.294. The van der Waals surface area contributed by atoms with Crippen LogP contribution in [0, 0.1) is 6.92 Å². The Morgan fingerprint density at radius 3 is 2.91 bits per heavy atom. The summed E-state index contributed by atoms with van der Waals surface area (Å²) in [7, 11) is 0. The van der Waals surface area contributed by atoms with Gasteiger partial charge in [-0.05, 0) is 44.5 Å². The Morgan fingerprint density at radius 2 is 2.22 bits per heavy atom. The number of hydrogen-bond acceptors (Lipinski definition) is 3. The van der Waals surface area contributed by atoms with Gasteiger partial charge in [0.25, 0.3) is 0 Å². The third-order valence-corrected chi connectivity index (χ3v) is 3.83. The van der Waals surface area contributed by atoms with Crippen molar-refractivity contribution in [2.75, 3.05) is 5.32 Å². The molecule has 3 rings (SSSR count). The zero-order valence-electron chi connectivity index (χ0n) is 13.4. The van der Waals surface area contributed by atoms with E-state index >= 15 is 0 Å². The summed E-state index contributed by atoms with van der Waals surface area (Å²) in [5, 5.41) is 7.69. The second-order valence-corrected chi connectivity index (χ2v) is 5.72. The van der Waals surface area contributed by atoms with E-state index in [9.17, 15) is 4.79 Å². The highest BCUT2D eigenvalue weighted by Crippen LogP contribution is 2.16. The molecule has 0 radical (unpaired) electrons. The van der Waals surface area contributed by atoms with Crippen LogP contribution in [0.15, 0.2) is 53.7 Å². The average Bonchev–Trinajstić information content (AvgIpc) is 3.15. The fourth-order valence-electron chi connectivity index (χ4n) is 2.63. The minimum absolute atomic E-state index is 0.119. The topological polar surface area (TPSA) is 67.6 Å². The second-order valence-electron chi connectivity index (χ2n) is 5.72. The Morgan fingerprint density at radius 1 is 1.35 bits per heavy atom. The molecule has 0 aliphatic carbocycles. The number of anilines is 1. The quantitative estimate of drug-likeness (QED) is 0.735. The van der Waals surface area contributed by atoms with Gasteiger partial charge >= 0.3 is 5.69 Å².